The predicted molar refractivity (Wildman–Crippen MR) is 61.2 cm³/mol. The van der Waals surface area contributed by atoms with Gasteiger partial charge >= 0.3 is 11.9 Å². The molecule has 0 fully saturated rings. The summed E-state index contributed by atoms with van der Waals surface area (Å²) in [5, 5.41) is -2.23. The Morgan fingerprint density at radius 2 is 1.12 bits per heavy atom. The van der Waals surface area contributed by atoms with Gasteiger partial charge in [-0.05, 0) is 27.7 Å². The third-order valence-corrected chi connectivity index (χ3v) is 1.20. The molecule has 0 bridgehead atoms. The van der Waals surface area contributed by atoms with Crippen LogP contribution in [0, 0.1) is 0 Å². The fraction of sp³-hybridized carbons (Fsp3) is 0.600. The monoisotopic (exact) mass is 268 g/mol. The predicted octanol–water partition coefficient (Wildman–Crippen LogP) is 2.58. The zero-order valence-electron chi connectivity index (χ0n) is 9.54. The lowest BCUT2D eigenvalue weighted by Crippen LogP contribution is -2.21. The van der Waals surface area contributed by atoms with E-state index >= 15 is 0 Å². The minimum atomic E-state index is -1.11. The van der Waals surface area contributed by atoms with E-state index in [-0.39, 0.29) is 0 Å². The minimum Gasteiger partial charge on any atom is -0.440 e. The summed E-state index contributed by atoms with van der Waals surface area (Å²) < 4.78 is 9.43. The molecule has 0 spiro atoms. The van der Waals surface area contributed by atoms with Gasteiger partial charge in [0.25, 0.3) is 0 Å². The first kappa shape index (κ1) is 15.3. The van der Waals surface area contributed by atoms with E-state index in [0.717, 1.165) is 12.2 Å². The van der Waals surface area contributed by atoms with E-state index in [1.54, 1.807) is 0 Å². The molecule has 92 valence electrons. The molecule has 0 aromatic rings. The van der Waals surface area contributed by atoms with E-state index < -0.39 is 22.1 Å². The third kappa shape index (κ3) is 9.80. The number of halogens is 2. The fourth-order valence-corrected chi connectivity index (χ4v) is 0.835. The molecule has 6 heteroatoms. The molecule has 0 saturated heterocycles. The molecule has 0 amide bonds. The Morgan fingerprint density at radius 3 is 1.31 bits per heavy atom. The molecular weight excluding hydrogens is 255 g/mol. The molecule has 0 aromatic heterocycles. The molecule has 0 radical (unpaired) electrons. The van der Waals surface area contributed by atoms with Gasteiger partial charge in [-0.15, -0.1) is 0 Å². The topological polar surface area (TPSA) is 52.6 Å². The number of hydrogen-bond donors (Lipinski definition) is 0. The van der Waals surface area contributed by atoms with Crippen molar-refractivity contribution in [3.63, 3.8) is 0 Å². The molecule has 0 rings (SSSR count). The molecule has 0 unspecified atom stereocenters. The highest BCUT2D eigenvalue weighted by molar-refractivity contribution is 6.23. The van der Waals surface area contributed by atoms with Crippen molar-refractivity contribution in [1.82, 2.24) is 0 Å². The highest BCUT2D eigenvalue weighted by Crippen LogP contribution is 2.15. The van der Waals surface area contributed by atoms with Crippen molar-refractivity contribution in [1.29, 1.82) is 0 Å². The number of esters is 2. The van der Waals surface area contributed by atoms with Crippen LogP contribution in [0.4, 0.5) is 0 Å². The fourth-order valence-electron chi connectivity index (χ4n) is 0.683. The molecular formula is C10H14Cl2O4. The van der Waals surface area contributed by atoms with E-state index in [9.17, 15) is 9.59 Å². The van der Waals surface area contributed by atoms with Crippen LogP contribution in [0.25, 0.3) is 0 Å². The highest BCUT2D eigenvalue weighted by atomic mass is 35.5. The Labute approximate surface area is 104 Å². The van der Waals surface area contributed by atoms with Crippen LogP contribution in [0.5, 0.6) is 0 Å². The van der Waals surface area contributed by atoms with E-state index in [1.807, 2.05) is 0 Å². The molecule has 0 aromatic carbocycles. The molecule has 4 nitrogen and oxygen atoms in total. The lowest BCUT2D eigenvalue weighted by molar-refractivity contribution is -0.146. The van der Waals surface area contributed by atoms with Crippen LogP contribution < -0.4 is 0 Å². The van der Waals surface area contributed by atoms with Crippen molar-refractivity contribution in [2.75, 3.05) is 0 Å². The van der Waals surface area contributed by atoms with E-state index in [2.05, 4.69) is 0 Å². The van der Waals surface area contributed by atoms with Crippen LogP contribution in [0.15, 0.2) is 12.2 Å². The van der Waals surface area contributed by atoms with Crippen molar-refractivity contribution in [3.05, 3.63) is 12.2 Å². The van der Waals surface area contributed by atoms with Crippen LogP contribution in [-0.4, -0.2) is 22.1 Å². The van der Waals surface area contributed by atoms with Crippen molar-refractivity contribution in [2.45, 2.75) is 37.8 Å². The standard InChI is InChI=1S/C10H14Cl2O4/c1-9(2,11)15-7(13)5-6-8(14)16-10(3,4)12/h5-6H,1-4H3/b6-5+. The average molecular weight is 269 g/mol. The average Bonchev–Trinajstić information content (AvgIpc) is 1.94. The first-order valence-electron chi connectivity index (χ1n) is 4.51. The maximum atomic E-state index is 11.1. The molecule has 0 N–H and O–H groups in total. The van der Waals surface area contributed by atoms with Gasteiger partial charge in [0.2, 0.25) is 0 Å². The van der Waals surface area contributed by atoms with Crippen LogP contribution in [0.2, 0.25) is 0 Å². The van der Waals surface area contributed by atoms with E-state index in [1.165, 1.54) is 27.7 Å². The summed E-state index contributed by atoms with van der Waals surface area (Å²) in [6, 6.07) is 0. The van der Waals surface area contributed by atoms with Crippen molar-refractivity contribution < 1.29 is 19.1 Å². The normalized spacial score (nSPS) is 12.6. The molecule has 16 heavy (non-hydrogen) atoms. The Bertz CT molecular complexity index is 267. The summed E-state index contributed by atoms with van der Waals surface area (Å²) in [4.78, 5) is 22.2. The summed E-state index contributed by atoms with van der Waals surface area (Å²) in [5.74, 6) is -1.46. The number of rotatable bonds is 4. The zero-order chi connectivity index (χ0) is 13.0. The maximum absolute atomic E-state index is 11.1. The molecule has 0 aliphatic heterocycles. The number of carbonyl (C=O) groups is 2. The lowest BCUT2D eigenvalue weighted by atomic mass is 10.4. The van der Waals surface area contributed by atoms with E-state index in [4.69, 9.17) is 32.7 Å². The second-order valence-corrected chi connectivity index (χ2v) is 5.72. The summed E-state index contributed by atoms with van der Waals surface area (Å²) in [6.45, 7) is 6.00. The van der Waals surface area contributed by atoms with Crippen LogP contribution >= 0.6 is 23.2 Å². The van der Waals surface area contributed by atoms with Crippen molar-refractivity contribution in [3.8, 4) is 0 Å². The third-order valence-electron chi connectivity index (χ3n) is 1.04. The summed E-state index contributed by atoms with van der Waals surface area (Å²) >= 11 is 11.3. The van der Waals surface area contributed by atoms with Gasteiger partial charge in [-0.25, -0.2) is 9.59 Å². The SMILES string of the molecule is CC(C)(Cl)OC(=O)/C=C/C(=O)OC(C)(C)Cl. The van der Waals surface area contributed by atoms with Gasteiger partial charge in [-0.1, -0.05) is 23.2 Å². The minimum absolute atomic E-state index is 0.732. The quantitative estimate of drug-likeness (QED) is 0.447. The molecule has 0 aliphatic rings. The van der Waals surface area contributed by atoms with E-state index in [0.29, 0.717) is 0 Å². The lowest BCUT2D eigenvalue weighted by Gasteiger charge is -2.16. The first-order chi connectivity index (χ1) is 6.99. The van der Waals surface area contributed by atoms with Gasteiger partial charge in [0.05, 0.1) is 0 Å². The second kappa shape index (κ2) is 5.55. The van der Waals surface area contributed by atoms with Gasteiger partial charge in [-0.2, -0.15) is 0 Å². The Morgan fingerprint density at radius 1 is 0.875 bits per heavy atom. The zero-order valence-corrected chi connectivity index (χ0v) is 11.1. The van der Waals surface area contributed by atoms with Crippen LogP contribution in [0.3, 0.4) is 0 Å². The number of hydrogen-bond acceptors (Lipinski definition) is 4. The highest BCUT2D eigenvalue weighted by Gasteiger charge is 2.19. The largest absolute Gasteiger partial charge is 0.440 e. The summed E-state index contributed by atoms with van der Waals surface area (Å²) in [6.07, 6.45) is 1.85. The summed E-state index contributed by atoms with van der Waals surface area (Å²) in [5.41, 5.74) is 0. The van der Waals surface area contributed by atoms with Gasteiger partial charge in [0, 0.05) is 12.2 Å². The van der Waals surface area contributed by atoms with Gasteiger partial charge < -0.3 is 9.47 Å². The molecule has 0 heterocycles. The molecule has 0 aliphatic carbocycles. The van der Waals surface area contributed by atoms with Gasteiger partial charge in [0.15, 0.2) is 10.1 Å². The number of ether oxygens (including phenoxy) is 2. The van der Waals surface area contributed by atoms with Crippen LogP contribution in [0.1, 0.15) is 27.7 Å². The second-order valence-electron chi connectivity index (χ2n) is 3.90. The molecule has 0 saturated carbocycles. The van der Waals surface area contributed by atoms with Gasteiger partial charge in [-0.3, -0.25) is 0 Å². The van der Waals surface area contributed by atoms with Crippen molar-refractivity contribution in [2.24, 2.45) is 0 Å². The Kier molecular flexibility index (Phi) is 5.29. The number of alkyl halides is 2. The smallest absolute Gasteiger partial charge is 0.332 e. The maximum Gasteiger partial charge on any atom is 0.332 e. The van der Waals surface area contributed by atoms with Crippen molar-refractivity contribution >= 4 is 35.1 Å². The first-order valence-corrected chi connectivity index (χ1v) is 5.27. The Balaban J connectivity index is 4.20. The van der Waals surface area contributed by atoms with Crippen LogP contribution in [-0.2, 0) is 19.1 Å². The molecule has 0 atom stereocenters. The number of carbonyl (C=O) groups excluding carboxylic acids is 2. The summed E-state index contributed by atoms with van der Waals surface area (Å²) in [7, 11) is 0. The van der Waals surface area contributed by atoms with Gasteiger partial charge in [0.1, 0.15) is 0 Å². The Hall–Kier alpha value is -0.740.